The predicted molar refractivity (Wildman–Crippen MR) is 97.6 cm³/mol. The highest BCUT2D eigenvalue weighted by Gasteiger charge is 2.17. The summed E-state index contributed by atoms with van der Waals surface area (Å²) in [5.74, 6) is -2.12. The lowest BCUT2D eigenvalue weighted by molar-refractivity contribution is 0.0635. The molecule has 0 unspecified atom stereocenters. The van der Waals surface area contributed by atoms with Gasteiger partial charge in [0, 0.05) is 11.3 Å². The van der Waals surface area contributed by atoms with Gasteiger partial charge in [-0.05, 0) is 51.1 Å². The number of ether oxygens (including phenoxy) is 1. The molecule has 2 aromatic carbocycles. The fraction of sp³-hybridized carbons (Fsp3) is 0.211. The van der Waals surface area contributed by atoms with E-state index in [0.29, 0.717) is 5.69 Å². The number of amides is 3. The van der Waals surface area contributed by atoms with Crippen molar-refractivity contribution in [2.75, 3.05) is 5.32 Å². The van der Waals surface area contributed by atoms with E-state index in [4.69, 9.17) is 4.74 Å². The molecule has 7 nitrogen and oxygen atoms in total. The molecule has 27 heavy (non-hydrogen) atoms. The maximum Gasteiger partial charge on any atom is 0.412 e. The Bertz CT molecular complexity index is 862. The Kier molecular flexibility index (Phi) is 6.12. The quantitative estimate of drug-likeness (QED) is 0.720. The molecule has 2 aromatic rings. The van der Waals surface area contributed by atoms with Crippen molar-refractivity contribution >= 4 is 23.6 Å². The van der Waals surface area contributed by atoms with Crippen LogP contribution >= 0.6 is 0 Å². The first-order valence-corrected chi connectivity index (χ1v) is 8.11. The van der Waals surface area contributed by atoms with Crippen LogP contribution in [0.3, 0.4) is 0 Å². The smallest absolute Gasteiger partial charge is 0.412 e. The molecular formula is C19H20FN3O4. The maximum atomic E-state index is 13.6. The number of carbonyl (C=O) groups excluding carboxylic acids is 3. The summed E-state index contributed by atoms with van der Waals surface area (Å²) in [4.78, 5) is 35.9. The van der Waals surface area contributed by atoms with E-state index >= 15 is 0 Å². The van der Waals surface area contributed by atoms with Crippen LogP contribution in [0, 0.1) is 5.82 Å². The average molecular weight is 373 g/mol. The fourth-order valence-electron chi connectivity index (χ4n) is 2.06. The highest BCUT2D eigenvalue weighted by molar-refractivity contribution is 6.00. The molecule has 0 aromatic heterocycles. The van der Waals surface area contributed by atoms with Crippen LogP contribution in [0.15, 0.2) is 48.5 Å². The SMILES string of the molecule is CC(C)(C)OC(=O)Nc1cccc(C(=O)NNC(=O)c2ccccc2F)c1. The van der Waals surface area contributed by atoms with Crippen molar-refractivity contribution in [3.8, 4) is 0 Å². The van der Waals surface area contributed by atoms with Crippen molar-refractivity contribution in [2.45, 2.75) is 26.4 Å². The summed E-state index contributed by atoms with van der Waals surface area (Å²) in [7, 11) is 0. The molecule has 0 fully saturated rings. The monoisotopic (exact) mass is 373 g/mol. The van der Waals surface area contributed by atoms with Gasteiger partial charge in [-0.2, -0.15) is 0 Å². The Balaban J connectivity index is 1.98. The normalized spacial score (nSPS) is 10.7. The lowest BCUT2D eigenvalue weighted by atomic mass is 10.2. The summed E-state index contributed by atoms with van der Waals surface area (Å²) >= 11 is 0. The van der Waals surface area contributed by atoms with Gasteiger partial charge in [0.2, 0.25) is 0 Å². The second-order valence-electron chi connectivity index (χ2n) is 6.60. The van der Waals surface area contributed by atoms with Gasteiger partial charge in [-0.1, -0.05) is 18.2 Å². The zero-order valence-corrected chi connectivity index (χ0v) is 15.1. The molecule has 2 rings (SSSR count). The number of benzene rings is 2. The highest BCUT2D eigenvalue weighted by atomic mass is 19.1. The van der Waals surface area contributed by atoms with Gasteiger partial charge in [0.1, 0.15) is 11.4 Å². The van der Waals surface area contributed by atoms with E-state index in [0.717, 1.165) is 6.07 Å². The van der Waals surface area contributed by atoms with Crippen molar-refractivity contribution in [1.29, 1.82) is 0 Å². The van der Waals surface area contributed by atoms with Gasteiger partial charge in [0.05, 0.1) is 5.56 Å². The summed E-state index contributed by atoms with van der Waals surface area (Å²) in [6.07, 6.45) is -0.659. The molecule has 0 aliphatic rings. The number of rotatable bonds is 3. The molecule has 0 aliphatic carbocycles. The number of anilines is 1. The van der Waals surface area contributed by atoms with Crippen molar-refractivity contribution in [3.05, 3.63) is 65.5 Å². The molecule has 8 heteroatoms. The summed E-state index contributed by atoms with van der Waals surface area (Å²) in [5.41, 5.74) is 4.00. The molecule has 0 saturated carbocycles. The predicted octanol–water partition coefficient (Wildman–Crippen LogP) is 3.25. The van der Waals surface area contributed by atoms with E-state index in [1.807, 2.05) is 0 Å². The molecule has 0 saturated heterocycles. The van der Waals surface area contributed by atoms with Gasteiger partial charge >= 0.3 is 6.09 Å². The molecule has 0 radical (unpaired) electrons. The van der Waals surface area contributed by atoms with Gasteiger partial charge in [-0.15, -0.1) is 0 Å². The van der Waals surface area contributed by atoms with E-state index in [2.05, 4.69) is 16.2 Å². The fourth-order valence-corrected chi connectivity index (χ4v) is 2.06. The van der Waals surface area contributed by atoms with Crippen molar-refractivity contribution in [3.63, 3.8) is 0 Å². The average Bonchev–Trinajstić information content (AvgIpc) is 2.58. The van der Waals surface area contributed by atoms with Crippen LogP contribution in [-0.2, 0) is 4.74 Å². The van der Waals surface area contributed by atoms with Crippen molar-refractivity contribution in [1.82, 2.24) is 10.9 Å². The zero-order chi connectivity index (χ0) is 20.0. The van der Waals surface area contributed by atoms with Gasteiger partial charge in [-0.3, -0.25) is 25.8 Å². The largest absolute Gasteiger partial charge is 0.444 e. The highest BCUT2D eigenvalue weighted by Crippen LogP contribution is 2.13. The standard InChI is InChI=1S/C19H20FN3O4/c1-19(2,3)27-18(26)21-13-8-6-7-12(11-13)16(24)22-23-17(25)14-9-4-5-10-15(14)20/h4-11H,1-3H3,(H,21,26)(H,22,24)(H,23,25). The second-order valence-corrected chi connectivity index (χ2v) is 6.60. The Morgan fingerprint density at radius 3 is 2.26 bits per heavy atom. The lowest BCUT2D eigenvalue weighted by Crippen LogP contribution is -2.42. The van der Waals surface area contributed by atoms with Crippen LogP contribution in [-0.4, -0.2) is 23.5 Å². The Morgan fingerprint density at radius 2 is 1.59 bits per heavy atom. The zero-order valence-electron chi connectivity index (χ0n) is 15.1. The minimum atomic E-state index is -0.788. The molecule has 3 N–H and O–H groups in total. The van der Waals surface area contributed by atoms with E-state index < -0.39 is 29.3 Å². The first-order valence-electron chi connectivity index (χ1n) is 8.11. The second kappa shape index (κ2) is 8.31. The Hall–Kier alpha value is -3.42. The first-order chi connectivity index (χ1) is 12.7. The van der Waals surface area contributed by atoms with Crippen LogP contribution in [0.2, 0.25) is 0 Å². The summed E-state index contributed by atoms with van der Waals surface area (Å²) in [6.45, 7) is 5.19. The van der Waals surface area contributed by atoms with Gasteiger partial charge in [-0.25, -0.2) is 9.18 Å². The molecule has 0 aliphatic heterocycles. The minimum absolute atomic E-state index is 0.178. The Labute approximate surface area is 155 Å². The molecule has 0 heterocycles. The Morgan fingerprint density at radius 1 is 0.926 bits per heavy atom. The van der Waals surface area contributed by atoms with Crippen LogP contribution in [0.25, 0.3) is 0 Å². The number of carbonyl (C=O) groups is 3. The molecule has 3 amide bonds. The van der Waals surface area contributed by atoms with Crippen molar-refractivity contribution in [2.24, 2.45) is 0 Å². The van der Waals surface area contributed by atoms with Gasteiger partial charge in [0.15, 0.2) is 0 Å². The van der Waals surface area contributed by atoms with Gasteiger partial charge in [0.25, 0.3) is 11.8 Å². The van der Waals surface area contributed by atoms with E-state index in [1.165, 1.54) is 30.3 Å². The number of hydrogen-bond donors (Lipinski definition) is 3. The van der Waals surface area contributed by atoms with E-state index in [1.54, 1.807) is 32.9 Å². The number of nitrogens with one attached hydrogen (secondary N) is 3. The van der Waals surface area contributed by atoms with Crippen LogP contribution in [0.1, 0.15) is 41.5 Å². The summed E-state index contributed by atoms with van der Waals surface area (Å²) < 4.78 is 18.7. The molecular weight excluding hydrogens is 353 g/mol. The van der Waals surface area contributed by atoms with Crippen LogP contribution in [0.5, 0.6) is 0 Å². The van der Waals surface area contributed by atoms with E-state index in [9.17, 15) is 18.8 Å². The molecule has 0 bridgehead atoms. The third-order valence-corrected chi connectivity index (χ3v) is 3.18. The summed E-state index contributed by atoms with van der Waals surface area (Å²) in [5, 5.41) is 2.51. The summed E-state index contributed by atoms with van der Waals surface area (Å²) in [6, 6.07) is 11.4. The molecule has 0 atom stereocenters. The minimum Gasteiger partial charge on any atom is -0.444 e. The third-order valence-electron chi connectivity index (χ3n) is 3.18. The number of hydrogen-bond acceptors (Lipinski definition) is 4. The van der Waals surface area contributed by atoms with E-state index in [-0.39, 0.29) is 11.1 Å². The van der Waals surface area contributed by atoms with Crippen molar-refractivity contribution < 1.29 is 23.5 Å². The molecule has 0 spiro atoms. The number of hydrazine groups is 1. The number of halogens is 1. The molecule has 142 valence electrons. The topological polar surface area (TPSA) is 96.5 Å². The van der Waals surface area contributed by atoms with Crippen LogP contribution in [0.4, 0.5) is 14.9 Å². The third kappa shape index (κ3) is 6.10. The van der Waals surface area contributed by atoms with Crippen LogP contribution < -0.4 is 16.2 Å². The first kappa shape index (κ1) is 19.9. The maximum absolute atomic E-state index is 13.6. The lowest BCUT2D eigenvalue weighted by Gasteiger charge is -2.19. The van der Waals surface area contributed by atoms with Gasteiger partial charge < -0.3 is 4.74 Å².